The Kier molecular flexibility index (Phi) is 5.16. The summed E-state index contributed by atoms with van der Waals surface area (Å²) in [5.74, 6) is 0. The molecule has 104 valence electrons. The van der Waals surface area contributed by atoms with Crippen LogP contribution in [0.2, 0.25) is 0 Å². The Bertz CT molecular complexity index is 442. The largest absolute Gasteiger partial charge is 0.392 e. The minimum atomic E-state index is 0.0239. The molecule has 19 heavy (non-hydrogen) atoms. The molecule has 0 atom stereocenters. The molecule has 0 spiro atoms. The predicted molar refractivity (Wildman–Crippen MR) is 83.3 cm³/mol. The minimum Gasteiger partial charge on any atom is -0.392 e. The first-order chi connectivity index (χ1) is 9.19. The Morgan fingerprint density at radius 1 is 1.32 bits per heavy atom. The number of thiocarbonyl (C=S) groups is 1. The van der Waals surface area contributed by atoms with Crippen molar-refractivity contribution < 1.29 is 5.11 Å². The maximum absolute atomic E-state index is 9.37. The van der Waals surface area contributed by atoms with Gasteiger partial charge in [0.1, 0.15) is 0 Å². The van der Waals surface area contributed by atoms with Crippen LogP contribution in [0.1, 0.15) is 43.2 Å². The van der Waals surface area contributed by atoms with E-state index in [-0.39, 0.29) is 6.61 Å². The molecule has 1 aromatic rings. The fourth-order valence-corrected chi connectivity index (χ4v) is 2.84. The number of aryl methyl sites for hydroxylation is 1. The summed E-state index contributed by atoms with van der Waals surface area (Å²) < 4.78 is 0. The van der Waals surface area contributed by atoms with Crippen molar-refractivity contribution in [2.45, 2.75) is 51.7 Å². The van der Waals surface area contributed by atoms with Crippen molar-refractivity contribution in [3.05, 3.63) is 29.3 Å². The molecule has 0 aliphatic heterocycles. The normalized spacial score (nSPS) is 16.1. The van der Waals surface area contributed by atoms with E-state index in [1.54, 1.807) is 0 Å². The molecule has 1 aromatic carbocycles. The Hall–Kier alpha value is -1.13. The molecule has 0 heterocycles. The first kappa shape index (κ1) is 14.3. The molecule has 3 nitrogen and oxygen atoms in total. The van der Waals surface area contributed by atoms with Crippen LogP contribution in [0, 0.1) is 6.92 Å². The molecule has 0 saturated heterocycles. The first-order valence-corrected chi connectivity index (χ1v) is 7.38. The minimum absolute atomic E-state index is 0.0239. The Labute approximate surface area is 120 Å². The number of rotatable bonds is 3. The topological polar surface area (TPSA) is 44.3 Å². The van der Waals surface area contributed by atoms with E-state index in [0.29, 0.717) is 11.2 Å². The van der Waals surface area contributed by atoms with Crippen LogP contribution in [-0.4, -0.2) is 16.3 Å². The lowest BCUT2D eigenvalue weighted by molar-refractivity contribution is 0.282. The van der Waals surface area contributed by atoms with Crippen LogP contribution >= 0.6 is 12.2 Å². The number of anilines is 1. The van der Waals surface area contributed by atoms with Gasteiger partial charge >= 0.3 is 0 Å². The molecular formula is C15H22N2OS. The fraction of sp³-hybridized carbons (Fsp3) is 0.533. The lowest BCUT2D eigenvalue weighted by Crippen LogP contribution is -2.39. The second kappa shape index (κ2) is 6.87. The van der Waals surface area contributed by atoms with Crippen molar-refractivity contribution in [1.82, 2.24) is 5.32 Å². The second-order valence-electron chi connectivity index (χ2n) is 5.25. The molecule has 0 amide bonds. The highest BCUT2D eigenvalue weighted by atomic mass is 32.1. The molecule has 1 fully saturated rings. The zero-order valence-electron chi connectivity index (χ0n) is 11.4. The Balaban J connectivity index is 1.94. The summed E-state index contributed by atoms with van der Waals surface area (Å²) in [7, 11) is 0. The van der Waals surface area contributed by atoms with Gasteiger partial charge < -0.3 is 15.7 Å². The van der Waals surface area contributed by atoms with Crippen LogP contribution in [-0.2, 0) is 6.61 Å². The van der Waals surface area contributed by atoms with E-state index in [1.807, 2.05) is 25.1 Å². The number of nitrogens with one attached hydrogen (secondary N) is 2. The number of hydrogen-bond donors (Lipinski definition) is 3. The van der Waals surface area contributed by atoms with E-state index in [1.165, 1.54) is 32.1 Å². The smallest absolute Gasteiger partial charge is 0.171 e. The van der Waals surface area contributed by atoms with Crippen LogP contribution in [0.5, 0.6) is 0 Å². The van der Waals surface area contributed by atoms with Gasteiger partial charge in [-0.25, -0.2) is 0 Å². The van der Waals surface area contributed by atoms with Gasteiger partial charge in [-0.2, -0.15) is 0 Å². The molecule has 3 N–H and O–H groups in total. The second-order valence-corrected chi connectivity index (χ2v) is 5.66. The molecular weight excluding hydrogens is 256 g/mol. The maximum atomic E-state index is 9.37. The summed E-state index contributed by atoms with van der Waals surface area (Å²) in [4.78, 5) is 0. The third-order valence-electron chi connectivity index (χ3n) is 3.62. The monoisotopic (exact) mass is 278 g/mol. The van der Waals surface area contributed by atoms with E-state index in [2.05, 4.69) is 10.6 Å². The number of hydrogen-bond acceptors (Lipinski definition) is 2. The average Bonchev–Trinajstić information content (AvgIpc) is 2.42. The van der Waals surface area contributed by atoms with Crippen LogP contribution in [0.3, 0.4) is 0 Å². The van der Waals surface area contributed by atoms with Crippen LogP contribution in [0.15, 0.2) is 18.2 Å². The van der Waals surface area contributed by atoms with Gasteiger partial charge in [-0.1, -0.05) is 37.0 Å². The number of aliphatic hydroxyl groups excluding tert-OH is 1. The van der Waals surface area contributed by atoms with E-state index in [4.69, 9.17) is 12.2 Å². The van der Waals surface area contributed by atoms with Gasteiger partial charge in [0.15, 0.2) is 5.11 Å². The van der Waals surface area contributed by atoms with Gasteiger partial charge in [0, 0.05) is 17.3 Å². The molecule has 2 rings (SSSR count). The van der Waals surface area contributed by atoms with Crippen molar-refractivity contribution in [2.75, 3.05) is 5.32 Å². The fourth-order valence-electron chi connectivity index (χ4n) is 2.57. The van der Waals surface area contributed by atoms with Crippen molar-refractivity contribution >= 4 is 23.0 Å². The molecule has 0 bridgehead atoms. The molecule has 4 heteroatoms. The van der Waals surface area contributed by atoms with Gasteiger partial charge in [0.25, 0.3) is 0 Å². The van der Waals surface area contributed by atoms with E-state index in [0.717, 1.165) is 16.8 Å². The van der Waals surface area contributed by atoms with Crippen LogP contribution < -0.4 is 10.6 Å². The summed E-state index contributed by atoms with van der Waals surface area (Å²) >= 11 is 5.35. The molecule has 1 saturated carbocycles. The quantitative estimate of drug-likeness (QED) is 0.743. The van der Waals surface area contributed by atoms with Crippen molar-refractivity contribution in [3.8, 4) is 0 Å². The van der Waals surface area contributed by atoms with Crippen molar-refractivity contribution in [1.29, 1.82) is 0 Å². The van der Waals surface area contributed by atoms with Gasteiger partial charge in [-0.15, -0.1) is 0 Å². The summed E-state index contributed by atoms with van der Waals surface area (Å²) in [6.45, 7) is 2.04. The summed E-state index contributed by atoms with van der Waals surface area (Å²) in [6.07, 6.45) is 6.30. The summed E-state index contributed by atoms with van der Waals surface area (Å²) in [5.41, 5.74) is 2.91. The summed E-state index contributed by atoms with van der Waals surface area (Å²) in [5, 5.41) is 16.6. The van der Waals surface area contributed by atoms with Crippen LogP contribution in [0.25, 0.3) is 0 Å². The average molecular weight is 278 g/mol. The van der Waals surface area contributed by atoms with E-state index < -0.39 is 0 Å². The molecule has 0 unspecified atom stereocenters. The van der Waals surface area contributed by atoms with E-state index in [9.17, 15) is 5.11 Å². The zero-order valence-corrected chi connectivity index (χ0v) is 12.2. The standard InChI is InChI=1S/C15H22N2OS/c1-11-7-8-14(12(9-11)10-18)17-15(19)16-13-5-3-2-4-6-13/h7-9,13,18H,2-6,10H2,1H3,(H2,16,17,19). The molecule has 1 aliphatic carbocycles. The highest BCUT2D eigenvalue weighted by Gasteiger charge is 2.14. The first-order valence-electron chi connectivity index (χ1n) is 6.97. The van der Waals surface area contributed by atoms with Gasteiger partial charge in [-0.05, 0) is 38.0 Å². The van der Waals surface area contributed by atoms with E-state index >= 15 is 0 Å². The van der Waals surface area contributed by atoms with Gasteiger partial charge in [-0.3, -0.25) is 0 Å². The predicted octanol–water partition coefficient (Wildman–Crippen LogP) is 3.11. The van der Waals surface area contributed by atoms with Gasteiger partial charge in [0.2, 0.25) is 0 Å². The number of aliphatic hydroxyl groups is 1. The van der Waals surface area contributed by atoms with Crippen LogP contribution in [0.4, 0.5) is 5.69 Å². The Morgan fingerprint density at radius 3 is 2.74 bits per heavy atom. The lowest BCUT2D eigenvalue weighted by Gasteiger charge is -2.24. The lowest BCUT2D eigenvalue weighted by atomic mass is 9.96. The summed E-state index contributed by atoms with van der Waals surface area (Å²) in [6, 6.07) is 6.46. The molecule has 1 aliphatic rings. The maximum Gasteiger partial charge on any atom is 0.171 e. The van der Waals surface area contributed by atoms with Crippen molar-refractivity contribution in [2.24, 2.45) is 0 Å². The highest BCUT2D eigenvalue weighted by molar-refractivity contribution is 7.80. The van der Waals surface area contributed by atoms with Crippen molar-refractivity contribution in [3.63, 3.8) is 0 Å². The zero-order chi connectivity index (χ0) is 13.7. The number of benzene rings is 1. The van der Waals surface area contributed by atoms with Gasteiger partial charge in [0.05, 0.1) is 6.61 Å². The SMILES string of the molecule is Cc1ccc(NC(=S)NC2CCCCC2)c(CO)c1. The Morgan fingerprint density at radius 2 is 2.05 bits per heavy atom. The molecule has 0 aromatic heterocycles. The third kappa shape index (κ3) is 4.18. The molecule has 0 radical (unpaired) electrons. The third-order valence-corrected chi connectivity index (χ3v) is 3.84. The highest BCUT2D eigenvalue weighted by Crippen LogP contribution is 2.19.